The zero-order valence-corrected chi connectivity index (χ0v) is 23.1. The molecule has 1 atom stereocenters. The first kappa shape index (κ1) is 23.9. The number of allylic oxidation sites excluding steroid dienone is 2. The molecule has 41 heavy (non-hydrogen) atoms. The van der Waals surface area contributed by atoms with Crippen molar-refractivity contribution in [3.8, 4) is 22.3 Å². The van der Waals surface area contributed by atoms with Gasteiger partial charge in [-0.15, -0.1) is 11.3 Å². The van der Waals surface area contributed by atoms with Gasteiger partial charge in [0.2, 0.25) is 0 Å². The van der Waals surface area contributed by atoms with Crippen molar-refractivity contribution in [2.45, 2.75) is 6.04 Å². The predicted octanol–water partition coefficient (Wildman–Crippen LogP) is 9.64. The number of rotatable bonds is 4. The van der Waals surface area contributed by atoms with Crippen LogP contribution >= 0.6 is 11.3 Å². The van der Waals surface area contributed by atoms with E-state index in [1.54, 1.807) is 0 Å². The first-order valence-corrected chi connectivity index (χ1v) is 14.7. The summed E-state index contributed by atoms with van der Waals surface area (Å²) in [6.07, 6.45) is 8.60. The van der Waals surface area contributed by atoms with E-state index in [2.05, 4.69) is 151 Å². The van der Waals surface area contributed by atoms with Gasteiger partial charge in [0.25, 0.3) is 0 Å². The third-order valence-corrected chi connectivity index (χ3v) is 9.03. The maximum Gasteiger partial charge on any atom is 0.134 e. The van der Waals surface area contributed by atoms with E-state index in [9.17, 15) is 0 Å². The predicted molar refractivity (Wildman–Crippen MR) is 175 cm³/mol. The molecule has 2 aliphatic rings. The fourth-order valence-electron chi connectivity index (χ4n) is 5.92. The van der Waals surface area contributed by atoms with Gasteiger partial charge in [-0.3, -0.25) is 0 Å². The van der Waals surface area contributed by atoms with E-state index >= 15 is 0 Å². The maximum atomic E-state index is 5.26. The van der Waals surface area contributed by atoms with Gasteiger partial charge in [0.05, 0.1) is 11.7 Å². The molecule has 1 aliphatic carbocycles. The Hall–Kier alpha value is -4.99. The highest BCUT2D eigenvalue weighted by atomic mass is 32.1. The third-order valence-electron chi connectivity index (χ3n) is 7.92. The average Bonchev–Trinajstić information content (AvgIpc) is 3.43. The topological polar surface area (TPSA) is 24.4 Å². The first-order valence-electron chi connectivity index (χ1n) is 13.9. The fourth-order valence-corrected chi connectivity index (χ4v) is 7.09. The lowest BCUT2D eigenvalue weighted by atomic mass is 9.92. The number of benzene rings is 5. The van der Waals surface area contributed by atoms with E-state index in [1.165, 1.54) is 48.0 Å². The van der Waals surface area contributed by atoms with Crippen LogP contribution in [0.15, 0.2) is 156 Å². The summed E-state index contributed by atoms with van der Waals surface area (Å²) in [5.74, 6) is 0.902. The van der Waals surface area contributed by atoms with Crippen LogP contribution in [-0.4, -0.2) is 11.9 Å². The molecule has 1 aromatic heterocycles. The monoisotopic (exact) mass is 542 g/mol. The van der Waals surface area contributed by atoms with Crippen molar-refractivity contribution in [2.24, 2.45) is 4.99 Å². The van der Waals surface area contributed by atoms with Crippen molar-refractivity contribution in [1.29, 1.82) is 0 Å². The summed E-state index contributed by atoms with van der Waals surface area (Å²) < 4.78 is 2.57. The molecule has 0 bridgehead atoms. The van der Waals surface area contributed by atoms with E-state index in [4.69, 9.17) is 4.99 Å². The molecule has 8 rings (SSSR count). The van der Waals surface area contributed by atoms with Gasteiger partial charge in [0.15, 0.2) is 0 Å². The lowest BCUT2D eigenvalue weighted by Gasteiger charge is -2.28. The Morgan fingerprint density at radius 3 is 2.07 bits per heavy atom. The van der Waals surface area contributed by atoms with Crippen LogP contribution in [0.2, 0.25) is 0 Å². The summed E-state index contributed by atoms with van der Waals surface area (Å²) >= 11 is 1.85. The molecule has 6 aromatic rings. The summed E-state index contributed by atoms with van der Waals surface area (Å²) in [5.41, 5.74) is 9.33. The standard InChI is InChI=1S/C38H26N2S/c1-3-11-25(12-4-1)26-19-21-27(22-20-26)32-23-29(24-35-36(32)31-16-8-10-18-34(31)41-35)38-39-33-17-9-7-15-30(33)37(40-38)28-13-5-2-6-14-28/h1-24,33H,(H,39,40). The van der Waals surface area contributed by atoms with E-state index in [-0.39, 0.29) is 6.04 Å². The van der Waals surface area contributed by atoms with Crippen molar-refractivity contribution >= 4 is 43.0 Å². The third kappa shape index (κ3) is 4.23. The molecule has 3 heteroatoms. The van der Waals surface area contributed by atoms with Crippen molar-refractivity contribution in [2.75, 3.05) is 0 Å². The molecule has 0 spiro atoms. The molecular weight excluding hydrogens is 516 g/mol. The van der Waals surface area contributed by atoms with E-state index in [0.717, 1.165) is 22.7 Å². The Labute approximate surface area is 243 Å². The molecule has 2 heterocycles. The number of nitrogens with zero attached hydrogens (tertiary/aromatic N) is 1. The number of aliphatic imine (C=N–C) groups is 1. The second-order valence-corrected chi connectivity index (χ2v) is 11.5. The van der Waals surface area contributed by atoms with E-state index in [1.807, 2.05) is 11.3 Å². The maximum absolute atomic E-state index is 5.26. The molecule has 2 nitrogen and oxygen atoms in total. The molecule has 194 valence electrons. The van der Waals surface area contributed by atoms with Gasteiger partial charge in [-0.2, -0.15) is 0 Å². The highest BCUT2D eigenvalue weighted by Gasteiger charge is 2.25. The molecule has 0 saturated heterocycles. The number of hydrogen-bond acceptors (Lipinski definition) is 3. The number of nitrogens with one attached hydrogen (secondary N) is 1. The van der Waals surface area contributed by atoms with Crippen LogP contribution in [0.4, 0.5) is 0 Å². The van der Waals surface area contributed by atoms with Crippen LogP contribution in [0.5, 0.6) is 0 Å². The Balaban J connectivity index is 1.32. The van der Waals surface area contributed by atoms with Crippen LogP contribution in [0, 0.1) is 0 Å². The zero-order chi connectivity index (χ0) is 27.2. The lowest BCUT2D eigenvalue weighted by molar-refractivity contribution is 0.830. The summed E-state index contributed by atoms with van der Waals surface area (Å²) in [5, 5.41) is 6.34. The van der Waals surface area contributed by atoms with E-state index < -0.39 is 0 Å². The number of hydrogen-bond donors (Lipinski definition) is 1. The number of thiophene rings is 1. The van der Waals surface area contributed by atoms with Crippen molar-refractivity contribution in [3.05, 3.63) is 162 Å². The minimum atomic E-state index is 0.0782. The van der Waals surface area contributed by atoms with Crippen LogP contribution in [-0.2, 0) is 0 Å². The Bertz CT molecular complexity index is 2040. The Kier molecular flexibility index (Phi) is 5.75. The Morgan fingerprint density at radius 1 is 0.585 bits per heavy atom. The van der Waals surface area contributed by atoms with Gasteiger partial charge in [-0.05, 0) is 40.5 Å². The molecular formula is C38H26N2S. The summed E-state index contributed by atoms with van der Waals surface area (Å²) in [7, 11) is 0. The van der Waals surface area contributed by atoms with Gasteiger partial charge in [-0.1, -0.05) is 127 Å². The van der Waals surface area contributed by atoms with E-state index in [0.29, 0.717) is 0 Å². The van der Waals surface area contributed by atoms with Gasteiger partial charge in [0, 0.05) is 36.9 Å². The van der Waals surface area contributed by atoms with Crippen LogP contribution < -0.4 is 5.32 Å². The average molecular weight is 543 g/mol. The zero-order valence-electron chi connectivity index (χ0n) is 22.3. The number of fused-ring (bicyclic) bond motifs is 4. The SMILES string of the molecule is C1=CC2=C(c3ccccc3)N=C(c3cc(-c4ccc(-c5ccccc5)cc4)c4c(c3)sc3ccccc34)NC2C=C1. The molecule has 5 aromatic carbocycles. The molecule has 1 N–H and O–H groups in total. The largest absolute Gasteiger partial charge is 0.359 e. The molecule has 0 fully saturated rings. The highest BCUT2D eigenvalue weighted by molar-refractivity contribution is 7.26. The van der Waals surface area contributed by atoms with Crippen LogP contribution in [0.3, 0.4) is 0 Å². The summed E-state index contributed by atoms with van der Waals surface area (Å²) in [4.78, 5) is 5.26. The summed E-state index contributed by atoms with van der Waals surface area (Å²) in [6, 6.07) is 43.5. The van der Waals surface area contributed by atoms with Gasteiger partial charge in [0.1, 0.15) is 5.84 Å². The molecule has 1 unspecified atom stereocenters. The molecule has 0 amide bonds. The minimum Gasteiger partial charge on any atom is -0.359 e. The number of amidine groups is 1. The van der Waals surface area contributed by atoms with Gasteiger partial charge < -0.3 is 5.32 Å². The molecule has 0 saturated carbocycles. The second-order valence-electron chi connectivity index (χ2n) is 10.4. The molecule has 1 aliphatic heterocycles. The highest BCUT2D eigenvalue weighted by Crippen LogP contribution is 2.42. The normalized spacial score (nSPS) is 16.1. The quantitative estimate of drug-likeness (QED) is 0.236. The first-order chi connectivity index (χ1) is 20.3. The van der Waals surface area contributed by atoms with Gasteiger partial charge in [-0.25, -0.2) is 4.99 Å². The fraction of sp³-hybridized carbons (Fsp3) is 0.0263. The van der Waals surface area contributed by atoms with Crippen molar-refractivity contribution in [1.82, 2.24) is 5.32 Å². The van der Waals surface area contributed by atoms with Crippen molar-refractivity contribution in [3.63, 3.8) is 0 Å². The second kappa shape index (κ2) is 9.88. The summed E-state index contributed by atoms with van der Waals surface area (Å²) in [6.45, 7) is 0. The minimum absolute atomic E-state index is 0.0782. The smallest absolute Gasteiger partial charge is 0.134 e. The Morgan fingerprint density at radius 2 is 1.27 bits per heavy atom. The van der Waals surface area contributed by atoms with Gasteiger partial charge >= 0.3 is 0 Å². The van der Waals surface area contributed by atoms with Crippen LogP contribution in [0.25, 0.3) is 48.1 Å². The van der Waals surface area contributed by atoms with Crippen molar-refractivity contribution < 1.29 is 0 Å². The van der Waals surface area contributed by atoms with Crippen LogP contribution in [0.1, 0.15) is 11.1 Å². The molecule has 0 radical (unpaired) electrons. The lowest BCUT2D eigenvalue weighted by Crippen LogP contribution is -2.39.